The van der Waals surface area contributed by atoms with E-state index in [1.54, 1.807) is 6.07 Å². The summed E-state index contributed by atoms with van der Waals surface area (Å²) in [4.78, 5) is 11.1. The van der Waals surface area contributed by atoms with Crippen molar-refractivity contribution in [3.63, 3.8) is 0 Å². The number of rotatable bonds is 0. The number of hydrogen-bond donors (Lipinski definition) is 1. The van der Waals surface area contributed by atoms with Gasteiger partial charge in [-0.25, -0.2) is 0 Å². The van der Waals surface area contributed by atoms with E-state index in [2.05, 4.69) is 0 Å². The largest absolute Gasteiger partial charge is 0.504 e. The van der Waals surface area contributed by atoms with Crippen LogP contribution in [0.15, 0.2) is 18.2 Å². The third-order valence-electron chi connectivity index (χ3n) is 2.24. The van der Waals surface area contributed by atoms with Crippen LogP contribution in [0.4, 0.5) is 0 Å². The van der Waals surface area contributed by atoms with Crippen LogP contribution < -0.4 is 4.74 Å². The third kappa shape index (κ3) is 1.26. The fourth-order valence-corrected chi connectivity index (χ4v) is 1.56. The number of benzene rings is 1. The van der Waals surface area contributed by atoms with E-state index in [4.69, 9.17) is 4.74 Å². The molecule has 13 heavy (non-hydrogen) atoms. The molecule has 1 aromatic carbocycles. The summed E-state index contributed by atoms with van der Waals surface area (Å²) in [6.07, 6.45) is 0.385. The molecule has 1 atom stereocenters. The number of carbonyl (C=O) groups excluding carboxylic acids is 1. The molecule has 1 aliphatic heterocycles. The van der Waals surface area contributed by atoms with Crippen molar-refractivity contribution in [3.8, 4) is 11.5 Å². The molecule has 3 nitrogen and oxygen atoms in total. The average molecular weight is 178 g/mol. The second-order valence-electron chi connectivity index (χ2n) is 3.27. The van der Waals surface area contributed by atoms with Crippen LogP contribution in [0.1, 0.15) is 24.8 Å². The van der Waals surface area contributed by atoms with E-state index in [1.807, 2.05) is 13.0 Å². The SMILES string of the molecule is CC1CC(=O)Oc2c(O)cccc21. The Labute approximate surface area is 76.0 Å². The van der Waals surface area contributed by atoms with E-state index in [-0.39, 0.29) is 17.6 Å². The summed E-state index contributed by atoms with van der Waals surface area (Å²) in [5.41, 5.74) is 0.902. The highest BCUT2D eigenvalue weighted by molar-refractivity contribution is 5.77. The molecule has 3 heteroatoms. The lowest BCUT2D eigenvalue weighted by atomic mass is 9.94. The topological polar surface area (TPSA) is 46.5 Å². The summed E-state index contributed by atoms with van der Waals surface area (Å²) in [7, 11) is 0. The second kappa shape index (κ2) is 2.76. The number of ether oxygens (including phenoxy) is 1. The lowest BCUT2D eigenvalue weighted by Gasteiger charge is -2.21. The second-order valence-corrected chi connectivity index (χ2v) is 3.27. The van der Waals surface area contributed by atoms with Crippen molar-refractivity contribution in [2.24, 2.45) is 0 Å². The normalized spacial score (nSPS) is 20.7. The summed E-state index contributed by atoms with van der Waals surface area (Å²) in [5.74, 6) is 0.216. The van der Waals surface area contributed by atoms with Gasteiger partial charge in [0.1, 0.15) is 0 Å². The standard InChI is InChI=1S/C10H10O3/c1-6-5-9(12)13-10-7(6)3-2-4-8(10)11/h2-4,6,11H,5H2,1H3. The molecular formula is C10H10O3. The Morgan fingerprint density at radius 3 is 3.08 bits per heavy atom. The molecule has 0 saturated carbocycles. The fraction of sp³-hybridized carbons (Fsp3) is 0.300. The maximum atomic E-state index is 11.1. The minimum Gasteiger partial charge on any atom is -0.504 e. The van der Waals surface area contributed by atoms with Crippen molar-refractivity contribution in [2.75, 3.05) is 0 Å². The van der Waals surface area contributed by atoms with E-state index in [0.717, 1.165) is 5.56 Å². The zero-order chi connectivity index (χ0) is 9.42. The smallest absolute Gasteiger partial charge is 0.311 e. The van der Waals surface area contributed by atoms with Gasteiger partial charge in [-0.1, -0.05) is 19.1 Å². The predicted octanol–water partition coefficient (Wildman–Crippen LogP) is 1.80. The minimum atomic E-state index is -0.276. The first-order valence-corrected chi connectivity index (χ1v) is 4.21. The predicted molar refractivity (Wildman–Crippen MR) is 46.8 cm³/mol. The first-order chi connectivity index (χ1) is 6.18. The Morgan fingerprint density at radius 2 is 2.31 bits per heavy atom. The van der Waals surface area contributed by atoms with Gasteiger partial charge in [0.05, 0.1) is 6.42 Å². The van der Waals surface area contributed by atoms with E-state index in [9.17, 15) is 9.90 Å². The van der Waals surface area contributed by atoms with Gasteiger partial charge in [-0.05, 0) is 12.0 Å². The Hall–Kier alpha value is -1.51. The first-order valence-electron chi connectivity index (χ1n) is 4.21. The molecule has 0 saturated heterocycles. The highest BCUT2D eigenvalue weighted by Gasteiger charge is 2.25. The van der Waals surface area contributed by atoms with Crippen molar-refractivity contribution in [1.29, 1.82) is 0 Å². The molecule has 0 aromatic heterocycles. The quantitative estimate of drug-likeness (QED) is 0.486. The van der Waals surface area contributed by atoms with Crippen molar-refractivity contribution in [2.45, 2.75) is 19.3 Å². The van der Waals surface area contributed by atoms with Gasteiger partial charge in [0, 0.05) is 5.56 Å². The minimum absolute atomic E-state index is 0.0393. The molecule has 0 spiro atoms. The number of esters is 1. The van der Waals surface area contributed by atoms with Crippen LogP contribution in [0.5, 0.6) is 11.5 Å². The highest BCUT2D eigenvalue weighted by Crippen LogP contribution is 2.39. The lowest BCUT2D eigenvalue weighted by Crippen LogP contribution is -2.18. The Kier molecular flexibility index (Phi) is 1.72. The molecule has 0 amide bonds. The van der Waals surface area contributed by atoms with Gasteiger partial charge < -0.3 is 9.84 Å². The molecule has 68 valence electrons. The zero-order valence-electron chi connectivity index (χ0n) is 7.28. The number of carbonyl (C=O) groups is 1. The van der Waals surface area contributed by atoms with Crippen molar-refractivity contribution < 1.29 is 14.6 Å². The maximum absolute atomic E-state index is 11.1. The molecule has 0 fully saturated rings. The number of fused-ring (bicyclic) bond motifs is 1. The molecule has 0 aliphatic carbocycles. The summed E-state index contributed by atoms with van der Waals surface area (Å²) in [6, 6.07) is 5.14. The van der Waals surface area contributed by atoms with Crippen LogP contribution in [0, 0.1) is 0 Å². The monoisotopic (exact) mass is 178 g/mol. The average Bonchev–Trinajstić information content (AvgIpc) is 2.07. The van der Waals surface area contributed by atoms with Crippen molar-refractivity contribution >= 4 is 5.97 Å². The summed E-state index contributed by atoms with van der Waals surface area (Å²) in [6.45, 7) is 1.94. The Morgan fingerprint density at radius 1 is 1.54 bits per heavy atom. The van der Waals surface area contributed by atoms with Crippen molar-refractivity contribution in [1.82, 2.24) is 0 Å². The van der Waals surface area contributed by atoms with E-state index in [1.165, 1.54) is 6.07 Å². The van der Waals surface area contributed by atoms with Gasteiger partial charge >= 0.3 is 5.97 Å². The van der Waals surface area contributed by atoms with Crippen LogP contribution >= 0.6 is 0 Å². The van der Waals surface area contributed by atoms with Gasteiger partial charge in [0.25, 0.3) is 0 Å². The van der Waals surface area contributed by atoms with Crippen LogP contribution in [0.25, 0.3) is 0 Å². The Balaban J connectivity index is 2.54. The van der Waals surface area contributed by atoms with E-state index < -0.39 is 0 Å². The lowest BCUT2D eigenvalue weighted by molar-refractivity contribution is -0.135. The van der Waals surface area contributed by atoms with Crippen LogP contribution in [0.2, 0.25) is 0 Å². The van der Waals surface area contributed by atoms with Gasteiger partial charge in [0.2, 0.25) is 0 Å². The number of phenolic OH excluding ortho intramolecular Hbond substituents is 1. The molecule has 1 heterocycles. The molecule has 0 bridgehead atoms. The number of hydrogen-bond acceptors (Lipinski definition) is 3. The van der Waals surface area contributed by atoms with E-state index >= 15 is 0 Å². The molecule has 0 radical (unpaired) electrons. The van der Waals surface area contributed by atoms with Gasteiger partial charge in [0.15, 0.2) is 11.5 Å². The maximum Gasteiger partial charge on any atom is 0.311 e. The molecular weight excluding hydrogens is 168 g/mol. The number of para-hydroxylation sites is 1. The highest BCUT2D eigenvalue weighted by atomic mass is 16.5. The number of phenols is 1. The fourth-order valence-electron chi connectivity index (χ4n) is 1.56. The first kappa shape index (κ1) is 8.10. The molecule has 2 rings (SSSR count). The summed E-state index contributed by atoms with van der Waals surface area (Å²) < 4.78 is 4.94. The molecule has 1 aromatic rings. The van der Waals surface area contributed by atoms with Gasteiger partial charge in [-0.2, -0.15) is 0 Å². The van der Waals surface area contributed by atoms with Crippen LogP contribution in [-0.4, -0.2) is 11.1 Å². The zero-order valence-corrected chi connectivity index (χ0v) is 7.28. The number of aromatic hydroxyl groups is 1. The van der Waals surface area contributed by atoms with Crippen LogP contribution in [-0.2, 0) is 4.79 Å². The molecule has 1 aliphatic rings. The third-order valence-corrected chi connectivity index (χ3v) is 2.24. The Bertz CT molecular complexity index is 357. The molecule has 1 N–H and O–H groups in total. The van der Waals surface area contributed by atoms with E-state index in [0.29, 0.717) is 12.2 Å². The summed E-state index contributed by atoms with van der Waals surface area (Å²) in [5, 5.41) is 9.41. The summed E-state index contributed by atoms with van der Waals surface area (Å²) >= 11 is 0. The van der Waals surface area contributed by atoms with Gasteiger partial charge in [-0.15, -0.1) is 0 Å². The van der Waals surface area contributed by atoms with Crippen LogP contribution in [0.3, 0.4) is 0 Å². The van der Waals surface area contributed by atoms with Gasteiger partial charge in [-0.3, -0.25) is 4.79 Å². The molecule has 1 unspecified atom stereocenters. The van der Waals surface area contributed by atoms with Crippen molar-refractivity contribution in [3.05, 3.63) is 23.8 Å².